The summed E-state index contributed by atoms with van der Waals surface area (Å²) in [5.41, 5.74) is 0.176. The fraction of sp³-hybridized carbons (Fsp3) is 0.933. The number of carbonyl (C=O) groups excluding carboxylic acids is 2. The molecule has 0 aliphatic carbocycles. The smallest absolute Gasteiger partial charge is 0.673 e. The standard InChI is InChI=1S/2C14H30N2.2CHO.Ru/c2*1-9-13(5,6)15-12(11(3)4)16-14(7,8)10-2;2*1-2;/h2*11-12H,9-10H2,1-8H3;2*1H;/q2*-2;2*-1;+6. The topological polar surface area (TPSA) is 90.5 Å². The van der Waals surface area contributed by atoms with Crippen molar-refractivity contribution in [1.29, 1.82) is 0 Å². The zero-order valence-electron chi connectivity index (χ0n) is 27.3. The summed E-state index contributed by atoms with van der Waals surface area (Å²) in [4.78, 5) is 15.5. The Morgan fingerprint density at radius 1 is 0.459 bits per heavy atom. The minimum absolute atomic E-state index is 0. The van der Waals surface area contributed by atoms with Gasteiger partial charge in [0.05, 0.1) is 0 Å². The number of hydrogen-bond donors (Lipinski definition) is 0. The molecule has 0 spiro atoms. The second-order valence-electron chi connectivity index (χ2n) is 12.5. The van der Waals surface area contributed by atoms with Gasteiger partial charge in [0.15, 0.2) is 0 Å². The molecule has 0 saturated carbocycles. The van der Waals surface area contributed by atoms with Crippen molar-refractivity contribution in [2.24, 2.45) is 11.8 Å². The minimum atomic E-state index is 0. The van der Waals surface area contributed by atoms with Gasteiger partial charge in [-0.2, -0.15) is 0 Å². The molecule has 0 aliphatic heterocycles. The van der Waals surface area contributed by atoms with Crippen LogP contribution in [0.4, 0.5) is 0 Å². The molecule has 0 fully saturated rings. The summed E-state index contributed by atoms with van der Waals surface area (Å²) < 4.78 is 0. The van der Waals surface area contributed by atoms with Crippen molar-refractivity contribution in [2.45, 2.75) is 171 Å². The van der Waals surface area contributed by atoms with E-state index in [4.69, 9.17) is 30.9 Å². The van der Waals surface area contributed by atoms with Gasteiger partial charge in [-0.3, -0.25) is 13.6 Å². The second-order valence-corrected chi connectivity index (χ2v) is 12.5. The van der Waals surface area contributed by atoms with Crippen LogP contribution in [0.1, 0.15) is 136 Å². The predicted octanol–water partition coefficient (Wildman–Crippen LogP) is 9.64. The van der Waals surface area contributed by atoms with E-state index >= 15 is 0 Å². The zero-order chi connectivity index (χ0) is 30.0. The third-order valence-electron chi connectivity index (χ3n) is 6.58. The van der Waals surface area contributed by atoms with Crippen molar-refractivity contribution < 1.29 is 29.1 Å². The molecule has 7 heteroatoms. The molecule has 0 aromatic heterocycles. The molecule has 0 unspecified atom stereocenters. The Labute approximate surface area is 246 Å². The van der Waals surface area contributed by atoms with Crippen LogP contribution in [0.15, 0.2) is 0 Å². The summed E-state index contributed by atoms with van der Waals surface area (Å²) in [6.45, 7) is 41.6. The molecule has 0 amide bonds. The Kier molecular flexibility index (Phi) is 28.5. The molecule has 6 nitrogen and oxygen atoms in total. The summed E-state index contributed by atoms with van der Waals surface area (Å²) in [5.74, 6) is 0.966. The van der Waals surface area contributed by atoms with Gasteiger partial charge < -0.3 is 30.9 Å². The molecule has 0 aromatic carbocycles. The van der Waals surface area contributed by atoms with Crippen LogP contribution < -0.4 is 0 Å². The maximum atomic E-state index is 7.75. The third kappa shape index (κ3) is 25.8. The van der Waals surface area contributed by atoms with E-state index in [-0.39, 0.29) is 54.0 Å². The number of rotatable bonds is 14. The van der Waals surface area contributed by atoms with Gasteiger partial charge >= 0.3 is 19.5 Å². The predicted molar refractivity (Wildman–Crippen MR) is 162 cm³/mol. The number of nitrogens with zero attached hydrogens (tertiary/aromatic N) is 4. The Morgan fingerprint density at radius 3 is 0.676 bits per heavy atom. The fourth-order valence-electron chi connectivity index (χ4n) is 2.45. The van der Waals surface area contributed by atoms with Crippen molar-refractivity contribution in [3.05, 3.63) is 21.3 Å². The molecule has 0 heterocycles. The first kappa shape index (κ1) is 46.6. The molecule has 0 aromatic rings. The van der Waals surface area contributed by atoms with Gasteiger partial charge in [-0.15, -0.1) is 22.2 Å². The fourth-order valence-corrected chi connectivity index (χ4v) is 2.45. The van der Waals surface area contributed by atoms with Gasteiger partial charge in [-0.1, -0.05) is 148 Å². The van der Waals surface area contributed by atoms with Crippen molar-refractivity contribution in [3.63, 3.8) is 0 Å². The third-order valence-corrected chi connectivity index (χ3v) is 6.58. The molecular formula is C30H62N4O2Ru. The van der Waals surface area contributed by atoms with E-state index in [0.29, 0.717) is 11.8 Å². The molecular weight excluding hydrogens is 549 g/mol. The van der Waals surface area contributed by atoms with Crippen LogP contribution in [0.25, 0.3) is 21.3 Å². The summed E-state index contributed by atoms with van der Waals surface area (Å²) in [6, 6.07) is 0. The maximum absolute atomic E-state index is 7.75. The summed E-state index contributed by atoms with van der Waals surface area (Å²) in [7, 11) is 0. The zero-order valence-corrected chi connectivity index (χ0v) is 29.0. The van der Waals surface area contributed by atoms with Crippen molar-refractivity contribution >= 4 is 13.6 Å². The van der Waals surface area contributed by atoms with Crippen LogP contribution >= 0.6 is 0 Å². The summed E-state index contributed by atoms with van der Waals surface area (Å²) in [6.07, 6.45) is 4.53. The number of hydrogen-bond acceptors (Lipinski definition) is 2. The van der Waals surface area contributed by atoms with Gasteiger partial charge in [0.25, 0.3) is 0 Å². The van der Waals surface area contributed by atoms with Gasteiger partial charge in [-0.05, 0) is 0 Å². The first-order valence-electron chi connectivity index (χ1n) is 13.6. The first-order valence-corrected chi connectivity index (χ1v) is 13.6. The Bertz CT molecular complexity index is 442. The van der Waals surface area contributed by atoms with E-state index in [1.54, 1.807) is 0 Å². The van der Waals surface area contributed by atoms with Crippen LogP contribution in [-0.4, -0.2) is 48.1 Å². The average molecular weight is 612 g/mol. The largest absolute Gasteiger partial charge is 6.00 e. The monoisotopic (exact) mass is 612 g/mol. The van der Waals surface area contributed by atoms with E-state index in [1.165, 1.54) is 0 Å². The quantitative estimate of drug-likeness (QED) is 0.111. The SMILES string of the molecule is CCC(C)(C)[N-]C([N-]C(C)(C)CC)C(C)C.CCC(C)(C)[N-]C([N-]C(C)(C)CC)C(C)C.[CH-]=O.[CH-]=O.[Ru+6]. The molecule has 0 aliphatic rings. The molecule has 0 bridgehead atoms. The van der Waals surface area contributed by atoms with Crippen molar-refractivity contribution in [3.8, 4) is 0 Å². The van der Waals surface area contributed by atoms with Crippen LogP contribution in [0, 0.1) is 11.8 Å². The van der Waals surface area contributed by atoms with E-state index in [2.05, 4.69) is 124 Å². The van der Waals surface area contributed by atoms with Gasteiger partial charge in [0, 0.05) is 0 Å². The normalized spacial score (nSPS) is 12.2. The molecule has 0 saturated heterocycles. The van der Waals surface area contributed by atoms with Gasteiger partial charge in [0.2, 0.25) is 0 Å². The van der Waals surface area contributed by atoms with Crippen molar-refractivity contribution in [2.75, 3.05) is 0 Å². The first-order chi connectivity index (χ1) is 16.3. The van der Waals surface area contributed by atoms with E-state index in [0.717, 1.165) is 25.7 Å². The Balaban J connectivity index is -0.000000158. The minimum Gasteiger partial charge on any atom is -0.673 e. The van der Waals surface area contributed by atoms with E-state index < -0.39 is 0 Å². The molecule has 37 heavy (non-hydrogen) atoms. The maximum Gasteiger partial charge on any atom is 6.00 e. The molecule has 0 atom stereocenters. The van der Waals surface area contributed by atoms with Crippen LogP contribution in [0.3, 0.4) is 0 Å². The summed E-state index contributed by atoms with van der Waals surface area (Å²) >= 11 is 0. The van der Waals surface area contributed by atoms with Gasteiger partial charge in [-0.25, -0.2) is 12.3 Å². The molecule has 0 radical (unpaired) electrons. The van der Waals surface area contributed by atoms with Crippen LogP contribution in [-0.2, 0) is 29.1 Å². The van der Waals surface area contributed by atoms with Crippen molar-refractivity contribution in [1.82, 2.24) is 0 Å². The van der Waals surface area contributed by atoms with Gasteiger partial charge in [0.1, 0.15) is 0 Å². The average Bonchev–Trinajstić information content (AvgIpc) is 2.80. The molecule has 222 valence electrons. The Hall–Kier alpha value is -0.197. The van der Waals surface area contributed by atoms with Crippen LogP contribution in [0.2, 0.25) is 0 Å². The van der Waals surface area contributed by atoms with Crippen LogP contribution in [0.5, 0.6) is 0 Å². The Morgan fingerprint density at radius 2 is 0.595 bits per heavy atom. The molecule has 0 N–H and O–H groups in total. The van der Waals surface area contributed by atoms with E-state index in [9.17, 15) is 0 Å². The molecule has 0 rings (SSSR count). The van der Waals surface area contributed by atoms with E-state index in [1.807, 2.05) is 0 Å². The summed E-state index contributed by atoms with van der Waals surface area (Å²) in [5, 5.41) is 19.6. The second kappa shape index (κ2) is 22.6.